The molecule has 0 amide bonds. The van der Waals surface area contributed by atoms with Gasteiger partial charge in [0.15, 0.2) is 0 Å². The molecule has 2 heterocycles. The van der Waals surface area contributed by atoms with Crippen molar-refractivity contribution >= 4 is 0 Å². The lowest BCUT2D eigenvalue weighted by molar-refractivity contribution is 0.669. The molecule has 1 fully saturated rings. The van der Waals surface area contributed by atoms with Crippen molar-refractivity contribution in [2.45, 2.75) is 25.3 Å². The van der Waals surface area contributed by atoms with Crippen LogP contribution >= 0.6 is 0 Å². The first kappa shape index (κ1) is 10.4. The summed E-state index contributed by atoms with van der Waals surface area (Å²) < 4.78 is 0. The number of hydrogen-bond donors (Lipinski definition) is 1. The van der Waals surface area contributed by atoms with Gasteiger partial charge in [-0.1, -0.05) is 0 Å². The Kier molecular flexibility index (Phi) is 2.19. The first-order chi connectivity index (χ1) is 8.17. The van der Waals surface area contributed by atoms with Gasteiger partial charge in [-0.05, 0) is 38.0 Å². The maximum Gasteiger partial charge on any atom is 0.149 e. The van der Waals surface area contributed by atoms with Crippen LogP contribution in [0.4, 0.5) is 0 Å². The standard InChI is InChI=1S/C13H14N4/c1-9-8-11(10-2-6-15-7-3-10)17-12(16-9)13(14)4-5-13/h2-3,6-8H,4-5,14H2,1H3. The zero-order valence-electron chi connectivity index (χ0n) is 9.72. The van der Waals surface area contributed by atoms with Crippen LogP contribution in [-0.2, 0) is 5.54 Å². The molecule has 4 heteroatoms. The van der Waals surface area contributed by atoms with E-state index in [1.165, 1.54) is 0 Å². The van der Waals surface area contributed by atoms with Crippen LogP contribution in [0.3, 0.4) is 0 Å². The molecule has 0 spiro atoms. The summed E-state index contributed by atoms with van der Waals surface area (Å²) in [5, 5.41) is 0. The molecule has 2 N–H and O–H groups in total. The zero-order valence-corrected chi connectivity index (χ0v) is 9.72. The molecule has 4 nitrogen and oxygen atoms in total. The van der Waals surface area contributed by atoms with Crippen molar-refractivity contribution < 1.29 is 0 Å². The Morgan fingerprint density at radius 2 is 1.88 bits per heavy atom. The van der Waals surface area contributed by atoms with E-state index in [0.717, 1.165) is 35.6 Å². The Hall–Kier alpha value is -1.81. The molecule has 1 saturated carbocycles. The second-order valence-electron chi connectivity index (χ2n) is 4.61. The van der Waals surface area contributed by atoms with E-state index < -0.39 is 0 Å². The fourth-order valence-electron chi connectivity index (χ4n) is 1.82. The highest BCUT2D eigenvalue weighted by molar-refractivity contribution is 5.58. The predicted octanol–water partition coefficient (Wildman–Crippen LogP) is 1.79. The van der Waals surface area contributed by atoms with Gasteiger partial charge in [0.1, 0.15) is 5.82 Å². The number of aryl methyl sites for hydroxylation is 1. The molecule has 86 valence electrons. The first-order valence-corrected chi connectivity index (χ1v) is 5.73. The second-order valence-corrected chi connectivity index (χ2v) is 4.61. The lowest BCUT2D eigenvalue weighted by atomic mass is 10.1. The zero-order chi connectivity index (χ0) is 11.9. The topological polar surface area (TPSA) is 64.7 Å². The van der Waals surface area contributed by atoms with E-state index in [0.29, 0.717) is 0 Å². The molecule has 0 aliphatic heterocycles. The van der Waals surface area contributed by atoms with Crippen LogP contribution < -0.4 is 5.73 Å². The molecule has 0 aromatic carbocycles. The molecular formula is C13H14N4. The van der Waals surface area contributed by atoms with Gasteiger partial charge >= 0.3 is 0 Å². The summed E-state index contributed by atoms with van der Waals surface area (Å²) in [6, 6.07) is 5.87. The summed E-state index contributed by atoms with van der Waals surface area (Å²) in [6.07, 6.45) is 5.49. The van der Waals surface area contributed by atoms with Gasteiger partial charge in [0.25, 0.3) is 0 Å². The second kappa shape index (κ2) is 3.60. The van der Waals surface area contributed by atoms with Crippen molar-refractivity contribution in [3.05, 3.63) is 42.1 Å². The average Bonchev–Trinajstić information content (AvgIpc) is 3.09. The van der Waals surface area contributed by atoms with E-state index in [-0.39, 0.29) is 5.54 Å². The quantitative estimate of drug-likeness (QED) is 0.848. The molecule has 1 aliphatic carbocycles. The van der Waals surface area contributed by atoms with Crippen LogP contribution in [0.5, 0.6) is 0 Å². The summed E-state index contributed by atoms with van der Waals surface area (Å²) in [5.74, 6) is 0.768. The van der Waals surface area contributed by atoms with E-state index in [2.05, 4.69) is 15.0 Å². The average molecular weight is 226 g/mol. The molecule has 0 unspecified atom stereocenters. The molecule has 1 aliphatic rings. The van der Waals surface area contributed by atoms with Crippen molar-refractivity contribution in [2.75, 3.05) is 0 Å². The Labute approximate surface area is 99.9 Å². The number of rotatable bonds is 2. The van der Waals surface area contributed by atoms with Crippen molar-refractivity contribution in [1.29, 1.82) is 0 Å². The molecule has 0 radical (unpaired) electrons. The molecule has 0 bridgehead atoms. The monoisotopic (exact) mass is 226 g/mol. The van der Waals surface area contributed by atoms with Crippen LogP contribution in [-0.4, -0.2) is 15.0 Å². The van der Waals surface area contributed by atoms with Crippen LogP contribution in [0.1, 0.15) is 24.4 Å². The third kappa shape index (κ3) is 1.91. The molecule has 0 saturated heterocycles. The van der Waals surface area contributed by atoms with Crippen molar-refractivity contribution in [3.8, 4) is 11.3 Å². The normalized spacial score (nSPS) is 16.8. The van der Waals surface area contributed by atoms with Gasteiger partial charge in [0, 0.05) is 23.7 Å². The Bertz CT molecular complexity index is 547. The maximum atomic E-state index is 6.15. The van der Waals surface area contributed by atoms with Gasteiger partial charge in [0.2, 0.25) is 0 Å². The lowest BCUT2D eigenvalue weighted by Crippen LogP contribution is -2.22. The van der Waals surface area contributed by atoms with Crippen LogP contribution in [0.15, 0.2) is 30.6 Å². The minimum Gasteiger partial charge on any atom is -0.319 e. The van der Waals surface area contributed by atoms with Crippen molar-refractivity contribution in [3.63, 3.8) is 0 Å². The molecule has 17 heavy (non-hydrogen) atoms. The van der Waals surface area contributed by atoms with Crippen molar-refractivity contribution in [1.82, 2.24) is 15.0 Å². The number of aromatic nitrogens is 3. The molecule has 0 atom stereocenters. The van der Waals surface area contributed by atoms with E-state index in [4.69, 9.17) is 5.73 Å². The first-order valence-electron chi connectivity index (χ1n) is 5.73. The number of pyridine rings is 1. The van der Waals surface area contributed by atoms with Gasteiger partial charge in [0.05, 0.1) is 11.2 Å². The Balaban J connectivity index is 2.09. The van der Waals surface area contributed by atoms with E-state index >= 15 is 0 Å². The number of hydrogen-bond acceptors (Lipinski definition) is 4. The van der Waals surface area contributed by atoms with Gasteiger partial charge in [-0.15, -0.1) is 0 Å². The highest BCUT2D eigenvalue weighted by Crippen LogP contribution is 2.41. The minimum atomic E-state index is -0.284. The molecule has 3 rings (SSSR count). The van der Waals surface area contributed by atoms with Gasteiger partial charge in [-0.2, -0.15) is 0 Å². The van der Waals surface area contributed by atoms with E-state index in [1.54, 1.807) is 12.4 Å². The number of nitrogens with zero attached hydrogens (tertiary/aromatic N) is 3. The van der Waals surface area contributed by atoms with Crippen LogP contribution in [0, 0.1) is 6.92 Å². The molecule has 2 aromatic rings. The fourth-order valence-corrected chi connectivity index (χ4v) is 1.82. The smallest absolute Gasteiger partial charge is 0.149 e. The summed E-state index contributed by atoms with van der Waals surface area (Å²) in [4.78, 5) is 13.0. The van der Waals surface area contributed by atoms with Gasteiger partial charge in [-0.3, -0.25) is 4.98 Å². The summed E-state index contributed by atoms with van der Waals surface area (Å²) in [5.41, 5.74) is 8.79. The van der Waals surface area contributed by atoms with Gasteiger partial charge < -0.3 is 5.73 Å². The third-order valence-electron chi connectivity index (χ3n) is 3.06. The summed E-state index contributed by atoms with van der Waals surface area (Å²) in [7, 11) is 0. The fraction of sp³-hybridized carbons (Fsp3) is 0.308. The van der Waals surface area contributed by atoms with E-state index in [1.807, 2.05) is 25.1 Å². The highest BCUT2D eigenvalue weighted by atomic mass is 15.0. The number of nitrogens with two attached hydrogens (primary N) is 1. The molecular weight excluding hydrogens is 212 g/mol. The van der Waals surface area contributed by atoms with Gasteiger partial charge in [-0.25, -0.2) is 9.97 Å². The Morgan fingerprint density at radius 1 is 1.18 bits per heavy atom. The predicted molar refractivity (Wildman–Crippen MR) is 65.1 cm³/mol. The lowest BCUT2D eigenvalue weighted by Gasteiger charge is -2.10. The highest BCUT2D eigenvalue weighted by Gasteiger charge is 2.43. The Morgan fingerprint density at radius 3 is 2.53 bits per heavy atom. The maximum absolute atomic E-state index is 6.15. The van der Waals surface area contributed by atoms with Crippen LogP contribution in [0.25, 0.3) is 11.3 Å². The molecule has 2 aromatic heterocycles. The summed E-state index contributed by atoms with van der Waals surface area (Å²) in [6.45, 7) is 1.97. The SMILES string of the molecule is Cc1cc(-c2ccncc2)nc(C2(N)CC2)n1. The van der Waals surface area contributed by atoms with Crippen molar-refractivity contribution in [2.24, 2.45) is 5.73 Å². The largest absolute Gasteiger partial charge is 0.319 e. The van der Waals surface area contributed by atoms with E-state index in [9.17, 15) is 0 Å². The third-order valence-corrected chi connectivity index (χ3v) is 3.06. The summed E-state index contributed by atoms with van der Waals surface area (Å²) >= 11 is 0. The minimum absolute atomic E-state index is 0.284. The van der Waals surface area contributed by atoms with Crippen LogP contribution in [0.2, 0.25) is 0 Å².